The van der Waals surface area contributed by atoms with Gasteiger partial charge in [0.25, 0.3) is 5.91 Å². The fourth-order valence-corrected chi connectivity index (χ4v) is 3.01. The smallest absolute Gasteiger partial charge is 0.307 e. The molecule has 1 heterocycles. The van der Waals surface area contributed by atoms with E-state index in [4.69, 9.17) is 11.6 Å². The Bertz CT molecular complexity index is 747. The van der Waals surface area contributed by atoms with Gasteiger partial charge in [-0.3, -0.25) is 14.4 Å². The second kappa shape index (κ2) is 9.94. The minimum atomic E-state index is -0.528. The van der Waals surface area contributed by atoms with Crippen LogP contribution in [0.4, 0.5) is 0 Å². The molecule has 6 nitrogen and oxygen atoms in total. The van der Waals surface area contributed by atoms with Gasteiger partial charge in [0.15, 0.2) is 0 Å². The predicted octanol–water partition coefficient (Wildman–Crippen LogP) is 2.94. The van der Waals surface area contributed by atoms with Gasteiger partial charge in [0.1, 0.15) is 0 Å². The molecule has 0 aliphatic carbocycles. The van der Waals surface area contributed by atoms with E-state index in [0.717, 1.165) is 5.56 Å². The van der Waals surface area contributed by atoms with Crippen molar-refractivity contribution in [2.45, 2.75) is 18.9 Å². The number of halogens is 1. The number of esters is 1. The minimum absolute atomic E-state index is 0.00509. The van der Waals surface area contributed by atoms with Gasteiger partial charge < -0.3 is 15.4 Å². The van der Waals surface area contributed by atoms with E-state index in [-0.39, 0.29) is 31.2 Å². The van der Waals surface area contributed by atoms with Gasteiger partial charge in [-0.25, -0.2) is 0 Å². The molecule has 2 amide bonds. The number of ether oxygens (including phenoxy) is 1. The largest absolute Gasteiger partial charge is 0.469 e. The Labute approximate surface area is 160 Å². The molecule has 0 fully saturated rings. The zero-order valence-corrected chi connectivity index (χ0v) is 15.7. The number of carbonyl (C=O) groups excluding carboxylic acids is 3. The third kappa shape index (κ3) is 6.16. The highest BCUT2D eigenvalue weighted by atomic mass is 35.5. The highest BCUT2D eigenvalue weighted by Gasteiger charge is 2.19. The number of hydrogen-bond acceptors (Lipinski definition) is 5. The molecular weight excluding hydrogens is 376 g/mol. The fraction of sp³-hybridized carbons (Fsp3) is 0.278. The minimum Gasteiger partial charge on any atom is -0.469 e. The molecule has 8 heteroatoms. The van der Waals surface area contributed by atoms with Gasteiger partial charge >= 0.3 is 5.97 Å². The molecule has 0 bridgehead atoms. The van der Waals surface area contributed by atoms with Crippen LogP contribution in [0.15, 0.2) is 41.1 Å². The highest BCUT2D eigenvalue weighted by molar-refractivity contribution is 7.08. The van der Waals surface area contributed by atoms with Crippen molar-refractivity contribution in [3.8, 4) is 0 Å². The number of carbonyl (C=O) groups is 3. The lowest BCUT2D eigenvalue weighted by Gasteiger charge is -2.18. The van der Waals surface area contributed by atoms with Crippen molar-refractivity contribution >= 4 is 40.7 Å². The van der Waals surface area contributed by atoms with Crippen molar-refractivity contribution in [1.82, 2.24) is 10.6 Å². The van der Waals surface area contributed by atoms with Crippen LogP contribution in [0.1, 0.15) is 34.8 Å². The van der Waals surface area contributed by atoms with Gasteiger partial charge in [0.05, 0.1) is 19.6 Å². The lowest BCUT2D eigenvalue weighted by molar-refractivity contribution is -0.141. The van der Waals surface area contributed by atoms with E-state index in [9.17, 15) is 14.4 Å². The van der Waals surface area contributed by atoms with Crippen LogP contribution in [0.3, 0.4) is 0 Å². The molecular formula is C18H19ClN2O4S. The summed E-state index contributed by atoms with van der Waals surface area (Å²) in [5.74, 6) is -0.932. The summed E-state index contributed by atoms with van der Waals surface area (Å²) in [5.41, 5.74) is 1.32. The van der Waals surface area contributed by atoms with Crippen LogP contribution in [0.5, 0.6) is 0 Å². The molecule has 0 aliphatic heterocycles. The third-order valence-electron chi connectivity index (χ3n) is 3.63. The average Bonchev–Trinajstić information content (AvgIpc) is 3.16. The monoisotopic (exact) mass is 394 g/mol. The normalized spacial score (nSPS) is 11.5. The Hall–Kier alpha value is -2.38. The first-order valence-electron chi connectivity index (χ1n) is 7.91. The van der Waals surface area contributed by atoms with Gasteiger partial charge in [-0.2, -0.15) is 11.3 Å². The third-order valence-corrected chi connectivity index (χ3v) is 4.56. The van der Waals surface area contributed by atoms with Gasteiger partial charge in [0, 0.05) is 28.9 Å². The number of amides is 2. The molecule has 26 heavy (non-hydrogen) atoms. The van der Waals surface area contributed by atoms with Gasteiger partial charge in [-0.15, -0.1) is 0 Å². The number of methoxy groups -OCH3 is 1. The first-order valence-corrected chi connectivity index (χ1v) is 9.23. The van der Waals surface area contributed by atoms with E-state index < -0.39 is 12.0 Å². The van der Waals surface area contributed by atoms with Crippen molar-refractivity contribution in [1.29, 1.82) is 0 Å². The first-order chi connectivity index (χ1) is 12.5. The van der Waals surface area contributed by atoms with Crippen LogP contribution < -0.4 is 10.6 Å². The maximum atomic E-state index is 12.2. The van der Waals surface area contributed by atoms with Crippen LogP contribution >= 0.6 is 22.9 Å². The quantitative estimate of drug-likeness (QED) is 0.674. The standard InChI is InChI=1S/C18H19ClN2O4S/c1-25-17(23)10-15(12-2-4-14(19)5-3-12)21-16(22)6-8-20-18(24)13-7-9-26-11-13/h2-5,7,9,11,15H,6,8,10H2,1H3,(H,20,24)(H,21,22). The van der Waals surface area contributed by atoms with E-state index in [0.29, 0.717) is 10.6 Å². The van der Waals surface area contributed by atoms with Crippen LogP contribution in [0, 0.1) is 0 Å². The average molecular weight is 395 g/mol. The number of benzene rings is 1. The molecule has 0 aliphatic rings. The molecule has 1 atom stereocenters. The number of hydrogen-bond donors (Lipinski definition) is 2. The topological polar surface area (TPSA) is 84.5 Å². The van der Waals surface area contributed by atoms with Crippen molar-refractivity contribution < 1.29 is 19.1 Å². The molecule has 2 aromatic rings. The fourth-order valence-electron chi connectivity index (χ4n) is 2.25. The van der Waals surface area contributed by atoms with E-state index in [1.807, 2.05) is 5.38 Å². The molecule has 1 aromatic heterocycles. The molecule has 2 rings (SSSR count). The number of thiophene rings is 1. The van der Waals surface area contributed by atoms with Crippen LogP contribution in [0.2, 0.25) is 5.02 Å². The molecule has 0 spiro atoms. The van der Waals surface area contributed by atoms with E-state index >= 15 is 0 Å². The van der Waals surface area contributed by atoms with Gasteiger partial charge in [-0.1, -0.05) is 23.7 Å². The number of nitrogens with one attached hydrogen (secondary N) is 2. The molecule has 0 saturated carbocycles. The molecule has 1 unspecified atom stereocenters. The summed E-state index contributed by atoms with van der Waals surface area (Å²) in [6, 6.07) is 8.05. The zero-order valence-electron chi connectivity index (χ0n) is 14.2. The number of rotatable bonds is 8. The summed E-state index contributed by atoms with van der Waals surface area (Å²) in [5, 5.41) is 9.59. The Kier molecular flexibility index (Phi) is 7.62. The zero-order chi connectivity index (χ0) is 18.9. The Morgan fingerprint density at radius 1 is 1.19 bits per heavy atom. The van der Waals surface area contributed by atoms with Crippen molar-refractivity contribution in [3.05, 3.63) is 57.2 Å². The maximum absolute atomic E-state index is 12.2. The first kappa shape index (κ1) is 19.9. The van der Waals surface area contributed by atoms with Gasteiger partial charge in [0.2, 0.25) is 5.91 Å². The summed E-state index contributed by atoms with van der Waals surface area (Å²) in [6.45, 7) is 0.200. The summed E-state index contributed by atoms with van der Waals surface area (Å²) in [6.07, 6.45) is 0.103. The highest BCUT2D eigenvalue weighted by Crippen LogP contribution is 2.20. The lowest BCUT2D eigenvalue weighted by atomic mass is 10.0. The van der Waals surface area contributed by atoms with E-state index in [2.05, 4.69) is 15.4 Å². The Morgan fingerprint density at radius 2 is 1.92 bits per heavy atom. The summed E-state index contributed by atoms with van der Waals surface area (Å²) in [7, 11) is 1.29. The van der Waals surface area contributed by atoms with Crippen molar-refractivity contribution in [2.75, 3.05) is 13.7 Å². The summed E-state index contributed by atoms with van der Waals surface area (Å²) < 4.78 is 4.69. The van der Waals surface area contributed by atoms with Crippen LogP contribution in [0.25, 0.3) is 0 Å². The lowest BCUT2D eigenvalue weighted by Crippen LogP contribution is -2.33. The van der Waals surface area contributed by atoms with Crippen LogP contribution in [-0.4, -0.2) is 31.4 Å². The molecule has 0 saturated heterocycles. The molecule has 2 N–H and O–H groups in total. The van der Waals surface area contributed by atoms with Gasteiger partial charge in [-0.05, 0) is 29.1 Å². The Balaban J connectivity index is 1.89. The second-order valence-electron chi connectivity index (χ2n) is 5.47. The molecule has 0 radical (unpaired) electrons. The summed E-state index contributed by atoms with van der Waals surface area (Å²) >= 11 is 7.31. The second-order valence-corrected chi connectivity index (χ2v) is 6.69. The molecule has 1 aromatic carbocycles. The van der Waals surface area contributed by atoms with E-state index in [1.165, 1.54) is 18.4 Å². The SMILES string of the molecule is COC(=O)CC(NC(=O)CCNC(=O)c1ccsc1)c1ccc(Cl)cc1. The summed E-state index contributed by atoms with van der Waals surface area (Å²) in [4.78, 5) is 35.7. The maximum Gasteiger partial charge on any atom is 0.307 e. The Morgan fingerprint density at radius 3 is 2.54 bits per heavy atom. The van der Waals surface area contributed by atoms with E-state index in [1.54, 1.807) is 35.7 Å². The molecule has 138 valence electrons. The van der Waals surface area contributed by atoms with Crippen molar-refractivity contribution in [2.24, 2.45) is 0 Å². The van der Waals surface area contributed by atoms with Crippen molar-refractivity contribution in [3.63, 3.8) is 0 Å². The predicted molar refractivity (Wildman–Crippen MR) is 100 cm³/mol. The van der Waals surface area contributed by atoms with Crippen LogP contribution in [-0.2, 0) is 14.3 Å².